The van der Waals surface area contributed by atoms with Gasteiger partial charge in [0.1, 0.15) is 0 Å². The van der Waals surface area contributed by atoms with E-state index in [9.17, 15) is 5.11 Å². The standard InChI is InChI=1S/C12H27NO/c1-6-8-11(4)13-9-12(5,14)10(3)7-2/h10-11,13-14H,6-9H2,1-5H3. The summed E-state index contributed by atoms with van der Waals surface area (Å²) in [6.07, 6.45) is 3.40. The van der Waals surface area contributed by atoms with Crippen LogP contribution in [-0.4, -0.2) is 23.3 Å². The number of rotatable bonds is 7. The maximum absolute atomic E-state index is 10.1. The molecule has 0 aliphatic carbocycles. The van der Waals surface area contributed by atoms with E-state index in [-0.39, 0.29) is 0 Å². The Kier molecular flexibility index (Phi) is 6.38. The fourth-order valence-electron chi connectivity index (χ4n) is 1.53. The van der Waals surface area contributed by atoms with E-state index in [4.69, 9.17) is 0 Å². The molecular formula is C12H27NO. The molecule has 0 radical (unpaired) electrons. The molecule has 3 unspecified atom stereocenters. The first kappa shape index (κ1) is 13.9. The molecule has 0 heterocycles. The van der Waals surface area contributed by atoms with Crippen LogP contribution >= 0.6 is 0 Å². The largest absolute Gasteiger partial charge is 0.389 e. The molecule has 0 aromatic rings. The summed E-state index contributed by atoms with van der Waals surface area (Å²) in [4.78, 5) is 0. The highest BCUT2D eigenvalue weighted by atomic mass is 16.3. The molecule has 0 spiro atoms. The molecule has 0 rings (SSSR count). The molecule has 2 nitrogen and oxygen atoms in total. The first-order valence-electron chi connectivity index (χ1n) is 5.89. The fraction of sp³-hybridized carbons (Fsp3) is 1.00. The van der Waals surface area contributed by atoms with E-state index < -0.39 is 5.60 Å². The zero-order chi connectivity index (χ0) is 11.2. The van der Waals surface area contributed by atoms with E-state index in [1.807, 2.05) is 6.92 Å². The Labute approximate surface area is 89.1 Å². The maximum atomic E-state index is 10.1. The Balaban J connectivity index is 3.85. The molecule has 0 aliphatic heterocycles. The lowest BCUT2D eigenvalue weighted by atomic mass is 9.88. The minimum Gasteiger partial charge on any atom is -0.389 e. The molecule has 0 saturated heterocycles. The van der Waals surface area contributed by atoms with Crippen molar-refractivity contribution in [1.29, 1.82) is 0 Å². The molecule has 2 N–H and O–H groups in total. The lowest BCUT2D eigenvalue weighted by Gasteiger charge is -2.31. The van der Waals surface area contributed by atoms with Crippen LogP contribution in [0.15, 0.2) is 0 Å². The second kappa shape index (κ2) is 6.41. The second-order valence-corrected chi connectivity index (χ2v) is 4.74. The van der Waals surface area contributed by atoms with E-state index in [0.29, 0.717) is 18.5 Å². The Morgan fingerprint density at radius 2 is 1.86 bits per heavy atom. The summed E-state index contributed by atoms with van der Waals surface area (Å²) in [6.45, 7) is 11.2. The predicted octanol–water partition coefficient (Wildman–Crippen LogP) is 2.56. The van der Waals surface area contributed by atoms with Crippen LogP contribution < -0.4 is 5.32 Å². The van der Waals surface area contributed by atoms with Crippen LogP contribution in [0.25, 0.3) is 0 Å². The van der Waals surface area contributed by atoms with Gasteiger partial charge < -0.3 is 10.4 Å². The third kappa shape index (κ3) is 4.97. The monoisotopic (exact) mass is 201 g/mol. The van der Waals surface area contributed by atoms with Crippen molar-refractivity contribution >= 4 is 0 Å². The van der Waals surface area contributed by atoms with Crippen LogP contribution in [0.5, 0.6) is 0 Å². The summed E-state index contributed by atoms with van der Waals surface area (Å²) in [6, 6.07) is 0.510. The zero-order valence-corrected chi connectivity index (χ0v) is 10.4. The number of hydrogen-bond donors (Lipinski definition) is 2. The maximum Gasteiger partial charge on any atom is 0.0768 e. The third-order valence-electron chi connectivity index (χ3n) is 3.20. The highest BCUT2D eigenvalue weighted by Gasteiger charge is 2.26. The predicted molar refractivity (Wildman–Crippen MR) is 62.5 cm³/mol. The first-order chi connectivity index (χ1) is 6.44. The summed E-state index contributed by atoms with van der Waals surface area (Å²) in [5.41, 5.74) is -0.573. The van der Waals surface area contributed by atoms with Gasteiger partial charge in [0, 0.05) is 12.6 Å². The lowest BCUT2D eigenvalue weighted by Crippen LogP contribution is -2.45. The summed E-state index contributed by atoms with van der Waals surface area (Å²) in [5, 5.41) is 13.5. The highest BCUT2D eigenvalue weighted by Crippen LogP contribution is 2.19. The van der Waals surface area contributed by atoms with Crippen LogP contribution in [0.1, 0.15) is 53.9 Å². The van der Waals surface area contributed by atoms with E-state index >= 15 is 0 Å². The average Bonchev–Trinajstić information content (AvgIpc) is 2.14. The Morgan fingerprint density at radius 3 is 2.29 bits per heavy atom. The van der Waals surface area contributed by atoms with Gasteiger partial charge in [0.15, 0.2) is 0 Å². The summed E-state index contributed by atoms with van der Waals surface area (Å²) >= 11 is 0. The molecule has 0 aromatic heterocycles. The molecular weight excluding hydrogens is 174 g/mol. The van der Waals surface area contributed by atoms with Gasteiger partial charge in [-0.3, -0.25) is 0 Å². The Hall–Kier alpha value is -0.0800. The van der Waals surface area contributed by atoms with Gasteiger partial charge in [0.2, 0.25) is 0 Å². The smallest absolute Gasteiger partial charge is 0.0768 e. The van der Waals surface area contributed by atoms with E-state index in [0.717, 1.165) is 6.42 Å². The molecule has 0 saturated carbocycles. The fourth-order valence-corrected chi connectivity index (χ4v) is 1.53. The van der Waals surface area contributed by atoms with Crippen LogP contribution in [0.4, 0.5) is 0 Å². The van der Waals surface area contributed by atoms with Crippen molar-refractivity contribution in [2.24, 2.45) is 5.92 Å². The minimum atomic E-state index is -0.573. The average molecular weight is 201 g/mol. The van der Waals surface area contributed by atoms with Gasteiger partial charge in [-0.25, -0.2) is 0 Å². The summed E-state index contributed by atoms with van der Waals surface area (Å²) in [5.74, 6) is 0.351. The molecule has 86 valence electrons. The lowest BCUT2D eigenvalue weighted by molar-refractivity contribution is 0.00350. The molecule has 2 heteroatoms. The van der Waals surface area contributed by atoms with Gasteiger partial charge in [0.05, 0.1) is 5.60 Å². The summed E-state index contributed by atoms with van der Waals surface area (Å²) in [7, 11) is 0. The van der Waals surface area contributed by atoms with Crippen molar-refractivity contribution < 1.29 is 5.11 Å². The van der Waals surface area contributed by atoms with Gasteiger partial charge in [-0.2, -0.15) is 0 Å². The molecule has 14 heavy (non-hydrogen) atoms. The van der Waals surface area contributed by atoms with E-state index in [1.54, 1.807) is 0 Å². The van der Waals surface area contributed by atoms with Crippen LogP contribution in [-0.2, 0) is 0 Å². The minimum absolute atomic E-state index is 0.351. The number of hydrogen-bond acceptors (Lipinski definition) is 2. The molecule has 0 fully saturated rings. The Bertz CT molecular complexity index is 145. The molecule has 3 atom stereocenters. The van der Waals surface area contributed by atoms with Crippen molar-refractivity contribution in [1.82, 2.24) is 5.32 Å². The second-order valence-electron chi connectivity index (χ2n) is 4.74. The first-order valence-corrected chi connectivity index (χ1v) is 5.89. The molecule has 0 aliphatic rings. The van der Waals surface area contributed by atoms with Crippen molar-refractivity contribution in [2.75, 3.05) is 6.54 Å². The van der Waals surface area contributed by atoms with E-state index in [1.165, 1.54) is 12.8 Å². The number of nitrogens with one attached hydrogen (secondary N) is 1. The van der Waals surface area contributed by atoms with Crippen molar-refractivity contribution in [3.8, 4) is 0 Å². The highest BCUT2D eigenvalue weighted by molar-refractivity contribution is 4.81. The SMILES string of the molecule is CCCC(C)NCC(C)(O)C(C)CC. The van der Waals surface area contributed by atoms with Crippen LogP contribution in [0, 0.1) is 5.92 Å². The van der Waals surface area contributed by atoms with Gasteiger partial charge in [-0.15, -0.1) is 0 Å². The normalized spacial score (nSPS) is 20.1. The molecule has 0 bridgehead atoms. The van der Waals surface area contributed by atoms with Crippen LogP contribution in [0.3, 0.4) is 0 Å². The van der Waals surface area contributed by atoms with Gasteiger partial charge in [-0.05, 0) is 26.2 Å². The summed E-state index contributed by atoms with van der Waals surface area (Å²) < 4.78 is 0. The third-order valence-corrected chi connectivity index (χ3v) is 3.20. The van der Waals surface area contributed by atoms with Crippen molar-refractivity contribution in [3.63, 3.8) is 0 Å². The van der Waals surface area contributed by atoms with Gasteiger partial charge in [0.25, 0.3) is 0 Å². The molecule has 0 aromatic carbocycles. The zero-order valence-electron chi connectivity index (χ0n) is 10.4. The van der Waals surface area contributed by atoms with Crippen LogP contribution in [0.2, 0.25) is 0 Å². The topological polar surface area (TPSA) is 32.3 Å². The quantitative estimate of drug-likeness (QED) is 0.663. The van der Waals surface area contributed by atoms with Crippen molar-refractivity contribution in [3.05, 3.63) is 0 Å². The molecule has 0 amide bonds. The number of aliphatic hydroxyl groups is 1. The van der Waals surface area contributed by atoms with Gasteiger partial charge >= 0.3 is 0 Å². The van der Waals surface area contributed by atoms with E-state index in [2.05, 4.69) is 33.0 Å². The van der Waals surface area contributed by atoms with Gasteiger partial charge in [-0.1, -0.05) is 33.6 Å². The van der Waals surface area contributed by atoms with Crippen molar-refractivity contribution in [2.45, 2.75) is 65.5 Å². The Morgan fingerprint density at radius 1 is 1.29 bits per heavy atom.